The number of aliphatic carboxylic acids is 1. The standard InChI is InChI=1S/C7H8O3/c1-4-5(7(9)10)2-3-6(4)8/h5H,1-3H2,(H,9,10). The molecule has 1 aliphatic rings. The molecule has 54 valence electrons. The Kier molecular flexibility index (Phi) is 1.57. The van der Waals surface area contributed by atoms with Crippen molar-refractivity contribution in [3.63, 3.8) is 0 Å². The van der Waals surface area contributed by atoms with Crippen molar-refractivity contribution in [2.24, 2.45) is 5.92 Å². The smallest absolute Gasteiger partial charge is 0.311 e. The molecule has 1 rings (SSSR count). The number of rotatable bonds is 1. The topological polar surface area (TPSA) is 54.4 Å². The summed E-state index contributed by atoms with van der Waals surface area (Å²) in [4.78, 5) is 21.1. The number of hydrogen-bond donors (Lipinski definition) is 1. The van der Waals surface area contributed by atoms with Crippen molar-refractivity contribution < 1.29 is 14.7 Å². The van der Waals surface area contributed by atoms with E-state index in [1.807, 2.05) is 0 Å². The minimum absolute atomic E-state index is 0.104. The van der Waals surface area contributed by atoms with E-state index in [-0.39, 0.29) is 11.4 Å². The molecule has 0 aliphatic heterocycles. The molecule has 1 fully saturated rings. The van der Waals surface area contributed by atoms with E-state index in [1.165, 1.54) is 0 Å². The van der Waals surface area contributed by atoms with Crippen LogP contribution in [-0.2, 0) is 9.59 Å². The van der Waals surface area contributed by atoms with E-state index in [0.717, 1.165) is 0 Å². The molecule has 1 unspecified atom stereocenters. The molecule has 3 nitrogen and oxygen atoms in total. The fourth-order valence-electron chi connectivity index (χ4n) is 1.08. The Morgan fingerprint density at radius 2 is 2.30 bits per heavy atom. The zero-order valence-electron chi connectivity index (χ0n) is 5.46. The molecular formula is C7H8O3. The van der Waals surface area contributed by atoms with Crippen LogP contribution in [0.25, 0.3) is 0 Å². The zero-order valence-corrected chi connectivity index (χ0v) is 5.46. The van der Waals surface area contributed by atoms with E-state index in [0.29, 0.717) is 12.8 Å². The third-order valence-electron chi connectivity index (χ3n) is 1.74. The SMILES string of the molecule is C=C1C(=O)CCC1C(=O)O. The molecule has 0 spiro atoms. The highest BCUT2D eigenvalue weighted by Gasteiger charge is 2.31. The zero-order chi connectivity index (χ0) is 7.72. The van der Waals surface area contributed by atoms with Crippen LogP contribution in [-0.4, -0.2) is 16.9 Å². The van der Waals surface area contributed by atoms with Crippen LogP contribution in [0.15, 0.2) is 12.2 Å². The number of carbonyl (C=O) groups is 2. The van der Waals surface area contributed by atoms with Crippen LogP contribution in [0, 0.1) is 5.92 Å². The van der Waals surface area contributed by atoms with Crippen molar-refractivity contribution in [3.8, 4) is 0 Å². The van der Waals surface area contributed by atoms with Gasteiger partial charge in [0.25, 0.3) is 0 Å². The fraction of sp³-hybridized carbons (Fsp3) is 0.429. The number of Topliss-reactive ketones (excluding diaryl/α,β-unsaturated/α-hetero) is 1. The lowest BCUT2D eigenvalue weighted by Gasteiger charge is -2.00. The molecule has 0 bridgehead atoms. The third kappa shape index (κ3) is 0.943. The van der Waals surface area contributed by atoms with Crippen LogP contribution < -0.4 is 0 Å². The maximum atomic E-state index is 10.7. The van der Waals surface area contributed by atoms with Gasteiger partial charge in [-0.1, -0.05) is 6.58 Å². The molecule has 1 atom stereocenters. The predicted octanol–water partition coefficient (Wildman–Crippen LogP) is 0.606. The highest BCUT2D eigenvalue weighted by atomic mass is 16.4. The summed E-state index contributed by atoms with van der Waals surface area (Å²) in [7, 11) is 0. The highest BCUT2D eigenvalue weighted by molar-refractivity contribution is 6.02. The lowest BCUT2D eigenvalue weighted by molar-refractivity contribution is -0.140. The van der Waals surface area contributed by atoms with Gasteiger partial charge < -0.3 is 5.11 Å². The summed E-state index contributed by atoms with van der Waals surface area (Å²) in [5.41, 5.74) is 0.257. The quantitative estimate of drug-likeness (QED) is 0.543. The summed E-state index contributed by atoms with van der Waals surface area (Å²) in [6.45, 7) is 3.41. The average Bonchev–Trinajstić information content (AvgIpc) is 2.14. The van der Waals surface area contributed by atoms with Gasteiger partial charge in [-0.2, -0.15) is 0 Å². The van der Waals surface area contributed by atoms with E-state index in [9.17, 15) is 9.59 Å². The van der Waals surface area contributed by atoms with Gasteiger partial charge in [0.05, 0.1) is 5.92 Å². The molecular weight excluding hydrogens is 132 g/mol. The maximum absolute atomic E-state index is 10.7. The van der Waals surface area contributed by atoms with Gasteiger partial charge in [0, 0.05) is 12.0 Å². The van der Waals surface area contributed by atoms with Gasteiger partial charge in [-0.3, -0.25) is 9.59 Å². The number of hydrogen-bond acceptors (Lipinski definition) is 2. The molecule has 0 saturated heterocycles. The maximum Gasteiger partial charge on any atom is 0.311 e. The second kappa shape index (κ2) is 2.25. The van der Waals surface area contributed by atoms with Crippen molar-refractivity contribution in [2.75, 3.05) is 0 Å². The first-order valence-electron chi connectivity index (χ1n) is 3.07. The normalized spacial score (nSPS) is 25.4. The lowest BCUT2D eigenvalue weighted by Crippen LogP contribution is -2.11. The van der Waals surface area contributed by atoms with E-state index >= 15 is 0 Å². The van der Waals surface area contributed by atoms with Gasteiger partial charge >= 0.3 is 5.97 Å². The molecule has 10 heavy (non-hydrogen) atoms. The Balaban J connectivity index is 2.76. The van der Waals surface area contributed by atoms with Gasteiger partial charge in [-0.15, -0.1) is 0 Å². The minimum Gasteiger partial charge on any atom is -0.481 e. The Morgan fingerprint density at radius 1 is 1.70 bits per heavy atom. The van der Waals surface area contributed by atoms with Crippen molar-refractivity contribution in [3.05, 3.63) is 12.2 Å². The predicted molar refractivity (Wildman–Crippen MR) is 34.5 cm³/mol. The molecule has 1 saturated carbocycles. The molecule has 1 aliphatic carbocycles. The van der Waals surface area contributed by atoms with Crippen LogP contribution in [0.1, 0.15) is 12.8 Å². The first kappa shape index (κ1) is 6.99. The van der Waals surface area contributed by atoms with Crippen LogP contribution in [0.5, 0.6) is 0 Å². The first-order valence-corrected chi connectivity index (χ1v) is 3.07. The van der Waals surface area contributed by atoms with Crippen molar-refractivity contribution >= 4 is 11.8 Å². The van der Waals surface area contributed by atoms with Crippen molar-refractivity contribution in [1.82, 2.24) is 0 Å². The molecule has 0 heterocycles. The Hall–Kier alpha value is -1.12. The Morgan fingerprint density at radius 3 is 2.50 bits per heavy atom. The molecule has 0 aromatic heterocycles. The monoisotopic (exact) mass is 140 g/mol. The van der Waals surface area contributed by atoms with Crippen molar-refractivity contribution in [1.29, 1.82) is 0 Å². The summed E-state index contributed by atoms with van der Waals surface area (Å²) in [6, 6.07) is 0. The third-order valence-corrected chi connectivity index (χ3v) is 1.74. The molecule has 1 N–H and O–H groups in total. The van der Waals surface area contributed by atoms with E-state index in [4.69, 9.17) is 5.11 Å². The van der Waals surface area contributed by atoms with Gasteiger partial charge in [0.2, 0.25) is 0 Å². The van der Waals surface area contributed by atoms with Gasteiger partial charge in [0.15, 0.2) is 5.78 Å². The van der Waals surface area contributed by atoms with E-state index in [2.05, 4.69) is 6.58 Å². The largest absolute Gasteiger partial charge is 0.481 e. The Labute approximate surface area is 58.4 Å². The van der Waals surface area contributed by atoms with Gasteiger partial charge in [-0.25, -0.2) is 0 Å². The first-order chi connectivity index (χ1) is 4.63. The number of carbonyl (C=O) groups excluding carboxylic acids is 1. The molecule has 0 aromatic carbocycles. The number of carboxylic acids is 1. The van der Waals surface area contributed by atoms with Crippen LogP contribution in [0.4, 0.5) is 0 Å². The van der Waals surface area contributed by atoms with Crippen LogP contribution >= 0.6 is 0 Å². The summed E-state index contributed by atoms with van der Waals surface area (Å²) < 4.78 is 0. The molecule has 0 radical (unpaired) electrons. The number of ketones is 1. The molecule has 3 heteroatoms. The second-order valence-electron chi connectivity index (χ2n) is 2.38. The number of carboxylic acid groups (broad SMARTS) is 1. The van der Waals surface area contributed by atoms with E-state index in [1.54, 1.807) is 0 Å². The molecule has 0 amide bonds. The van der Waals surface area contributed by atoms with Crippen LogP contribution in [0.3, 0.4) is 0 Å². The summed E-state index contributed by atoms with van der Waals surface area (Å²) in [6.07, 6.45) is 0.767. The summed E-state index contributed by atoms with van der Waals surface area (Å²) in [5.74, 6) is -1.66. The second-order valence-corrected chi connectivity index (χ2v) is 2.38. The van der Waals surface area contributed by atoms with Gasteiger partial charge in [-0.05, 0) is 6.42 Å². The highest BCUT2D eigenvalue weighted by Crippen LogP contribution is 2.26. The van der Waals surface area contributed by atoms with Crippen molar-refractivity contribution in [2.45, 2.75) is 12.8 Å². The summed E-state index contributed by atoms with van der Waals surface area (Å²) >= 11 is 0. The van der Waals surface area contributed by atoms with E-state index < -0.39 is 11.9 Å². The fourth-order valence-corrected chi connectivity index (χ4v) is 1.08. The Bertz CT molecular complexity index is 205. The van der Waals surface area contributed by atoms with Crippen LogP contribution in [0.2, 0.25) is 0 Å². The average molecular weight is 140 g/mol. The summed E-state index contributed by atoms with van der Waals surface area (Å²) in [5, 5.41) is 8.49. The minimum atomic E-state index is -0.934. The molecule has 0 aromatic rings. The lowest BCUT2D eigenvalue weighted by atomic mass is 10.1. The van der Waals surface area contributed by atoms with Gasteiger partial charge in [0.1, 0.15) is 0 Å².